The summed E-state index contributed by atoms with van der Waals surface area (Å²) in [5.41, 5.74) is -1.59. The van der Waals surface area contributed by atoms with Gasteiger partial charge in [-0.15, -0.1) is 0 Å². The summed E-state index contributed by atoms with van der Waals surface area (Å²) in [5, 5.41) is 0. The molecule has 156 valence electrons. The van der Waals surface area contributed by atoms with Gasteiger partial charge in [0.15, 0.2) is 0 Å². The van der Waals surface area contributed by atoms with Gasteiger partial charge in [-0.25, -0.2) is 4.79 Å². The second kappa shape index (κ2) is 8.47. The highest BCUT2D eigenvalue weighted by Gasteiger charge is 2.40. The molecule has 1 fully saturated rings. The number of ether oxygens (including phenoxy) is 2. The number of hydrogen-bond acceptors (Lipinski definition) is 3. The van der Waals surface area contributed by atoms with Gasteiger partial charge in [0, 0.05) is 0 Å². The van der Waals surface area contributed by atoms with Gasteiger partial charge in [-0.05, 0) is 62.4 Å². The van der Waals surface area contributed by atoms with Crippen molar-refractivity contribution in [2.24, 2.45) is 5.92 Å². The van der Waals surface area contributed by atoms with Crippen LogP contribution in [0.15, 0.2) is 48.5 Å². The molecule has 2 aromatic rings. The summed E-state index contributed by atoms with van der Waals surface area (Å²) in [4.78, 5) is 12.5. The lowest BCUT2D eigenvalue weighted by atomic mass is 9.85. The fourth-order valence-electron chi connectivity index (χ4n) is 3.85. The zero-order valence-electron chi connectivity index (χ0n) is 16.6. The highest BCUT2D eigenvalue weighted by atomic mass is 19.4. The summed E-state index contributed by atoms with van der Waals surface area (Å²) in [6, 6.07) is 11.6. The van der Waals surface area contributed by atoms with Crippen molar-refractivity contribution in [3.63, 3.8) is 0 Å². The molecule has 0 saturated heterocycles. The molecule has 0 bridgehead atoms. The highest BCUT2D eigenvalue weighted by molar-refractivity contribution is 5.91. The van der Waals surface area contributed by atoms with Gasteiger partial charge in [-0.3, -0.25) is 0 Å². The molecule has 29 heavy (non-hydrogen) atoms. The van der Waals surface area contributed by atoms with Crippen molar-refractivity contribution in [1.82, 2.24) is 0 Å². The Balaban J connectivity index is 1.92. The van der Waals surface area contributed by atoms with Crippen LogP contribution in [0.3, 0.4) is 0 Å². The van der Waals surface area contributed by atoms with Gasteiger partial charge >= 0.3 is 12.1 Å². The number of hydrogen-bond donors (Lipinski definition) is 0. The minimum absolute atomic E-state index is 0.0155. The predicted molar refractivity (Wildman–Crippen MR) is 104 cm³/mol. The van der Waals surface area contributed by atoms with Crippen LogP contribution in [-0.4, -0.2) is 11.6 Å². The molecule has 3 rings (SSSR count). The fourth-order valence-corrected chi connectivity index (χ4v) is 3.85. The van der Waals surface area contributed by atoms with E-state index in [1.165, 1.54) is 0 Å². The van der Waals surface area contributed by atoms with Gasteiger partial charge in [-0.2, -0.15) is 13.2 Å². The summed E-state index contributed by atoms with van der Waals surface area (Å²) < 4.78 is 52.0. The Kier molecular flexibility index (Phi) is 6.20. The maximum absolute atomic E-state index is 13.6. The first-order chi connectivity index (χ1) is 13.7. The van der Waals surface area contributed by atoms with Crippen LogP contribution in [0.25, 0.3) is 0 Å². The Bertz CT molecular complexity index is 842. The fraction of sp³-hybridized carbons (Fsp3) is 0.435. The number of benzene rings is 2. The van der Waals surface area contributed by atoms with Crippen LogP contribution in [-0.2, 0) is 6.18 Å². The van der Waals surface area contributed by atoms with E-state index in [9.17, 15) is 18.0 Å². The van der Waals surface area contributed by atoms with Crippen LogP contribution in [0, 0.1) is 5.92 Å². The van der Waals surface area contributed by atoms with Crippen LogP contribution >= 0.6 is 0 Å². The van der Waals surface area contributed by atoms with Crippen molar-refractivity contribution in [3.8, 4) is 11.5 Å². The van der Waals surface area contributed by atoms with Gasteiger partial charge in [0.2, 0.25) is 0 Å². The van der Waals surface area contributed by atoms with Crippen molar-refractivity contribution >= 4 is 5.97 Å². The Morgan fingerprint density at radius 3 is 2.31 bits per heavy atom. The molecule has 1 saturated carbocycles. The van der Waals surface area contributed by atoms with E-state index in [-0.39, 0.29) is 17.2 Å². The number of para-hydroxylation sites is 1. The molecule has 3 nitrogen and oxygen atoms in total. The van der Waals surface area contributed by atoms with Crippen molar-refractivity contribution in [2.75, 3.05) is 0 Å². The Morgan fingerprint density at radius 2 is 1.72 bits per heavy atom. The number of carbonyl (C=O) groups excluding carboxylic acids is 1. The minimum atomic E-state index is -4.58. The number of halogens is 3. The van der Waals surface area contributed by atoms with Crippen molar-refractivity contribution in [3.05, 3.63) is 59.7 Å². The zero-order valence-corrected chi connectivity index (χ0v) is 16.6. The van der Waals surface area contributed by atoms with E-state index >= 15 is 0 Å². The molecule has 6 heteroatoms. The second-order valence-corrected chi connectivity index (χ2v) is 7.66. The number of esters is 1. The third-order valence-corrected chi connectivity index (χ3v) is 5.74. The number of rotatable bonds is 6. The maximum atomic E-state index is 13.6. The van der Waals surface area contributed by atoms with E-state index in [0.717, 1.165) is 43.9 Å². The molecule has 1 atom stereocenters. The summed E-state index contributed by atoms with van der Waals surface area (Å²) >= 11 is 0. The normalized spacial score (nSPS) is 17.0. The summed E-state index contributed by atoms with van der Waals surface area (Å²) in [6.45, 7) is 3.78. The van der Waals surface area contributed by atoms with Gasteiger partial charge in [-0.1, -0.05) is 38.0 Å². The molecule has 1 aliphatic rings. The average molecular weight is 406 g/mol. The third-order valence-electron chi connectivity index (χ3n) is 5.74. The molecule has 0 heterocycles. The van der Waals surface area contributed by atoms with Crippen LogP contribution in [0.2, 0.25) is 0 Å². The average Bonchev–Trinajstić information content (AvgIpc) is 3.23. The standard InChI is InChI=1S/C23H25F3O3/c1-3-22(2,17-9-7-8-10-17)29-20-15-16(13-14-19(20)23(24,25)26)21(27)28-18-11-5-4-6-12-18/h4-6,11-15,17H,3,7-10H2,1-2H3. The Morgan fingerprint density at radius 1 is 1.07 bits per heavy atom. The largest absolute Gasteiger partial charge is 0.487 e. The van der Waals surface area contributed by atoms with Gasteiger partial charge in [0.25, 0.3) is 0 Å². The van der Waals surface area contributed by atoms with E-state index < -0.39 is 23.3 Å². The molecule has 2 aromatic carbocycles. The van der Waals surface area contributed by atoms with Crippen LogP contribution in [0.4, 0.5) is 13.2 Å². The molecule has 0 radical (unpaired) electrons. The summed E-state index contributed by atoms with van der Waals surface area (Å²) in [5.74, 6) is -0.539. The summed E-state index contributed by atoms with van der Waals surface area (Å²) in [6.07, 6.45) is -0.0313. The molecule has 0 spiro atoms. The topological polar surface area (TPSA) is 35.5 Å². The SMILES string of the molecule is CCC(C)(Oc1cc(C(=O)Oc2ccccc2)ccc1C(F)(F)F)C1CCCC1. The highest BCUT2D eigenvalue weighted by Crippen LogP contribution is 2.43. The lowest BCUT2D eigenvalue weighted by Crippen LogP contribution is -2.39. The number of carbonyl (C=O) groups is 1. The molecular weight excluding hydrogens is 381 g/mol. The van der Waals surface area contributed by atoms with Crippen LogP contribution in [0.5, 0.6) is 11.5 Å². The zero-order chi connectivity index (χ0) is 21.1. The van der Waals surface area contributed by atoms with Crippen molar-refractivity contribution in [1.29, 1.82) is 0 Å². The quantitative estimate of drug-likeness (QED) is 0.397. The van der Waals surface area contributed by atoms with Gasteiger partial charge in [0.1, 0.15) is 17.1 Å². The van der Waals surface area contributed by atoms with Gasteiger partial charge < -0.3 is 9.47 Å². The monoisotopic (exact) mass is 406 g/mol. The van der Waals surface area contributed by atoms with E-state index in [1.54, 1.807) is 30.3 Å². The van der Waals surface area contributed by atoms with Crippen molar-refractivity contribution in [2.45, 2.75) is 57.7 Å². The van der Waals surface area contributed by atoms with Crippen molar-refractivity contribution < 1.29 is 27.4 Å². The lowest BCUT2D eigenvalue weighted by molar-refractivity contribution is -0.140. The second-order valence-electron chi connectivity index (χ2n) is 7.66. The lowest BCUT2D eigenvalue weighted by Gasteiger charge is -2.36. The molecule has 1 aliphatic carbocycles. The molecule has 0 aliphatic heterocycles. The van der Waals surface area contributed by atoms with Crippen LogP contribution in [0.1, 0.15) is 61.9 Å². The Labute approximate surface area is 168 Å². The van der Waals surface area contributed by atoms with E-state index in [4.69, 9.17) is 9.47 Å². The van der Waals surface area contributed by atoms with E-state index in [2.05, 4.69) is 0 Å². The smallest absolute Gasteiger partial charge is 0.419 e. The predicted octanol–water partition coefficient (Wildman–Crippen LogP) is 6.66. The van der Waals surface area contributed by atoms with Crippen LogP contribution < -0.4 is 9.47 Å². The minimum Gasteiger partial charge on any atom is -0.487 e. The van der Waals surface area contributed by atoms with E-state index in [1.807, 2.05) is 13.8 Å². The van der Waals surface area contributed by atoms with Gasteiger partial charge in [0.05, 0.1) is 11.1 Å². The first-order valence-corrected chi connectivity index (χ1v) is 9.90. The number of alkyl halides is 3. The molecule has 0 aromatic heterocycles. The maximum Gasteiger partial charge on any atom is 0.419 e. The first-order valence-electron chi connectivity index (χ1n) is 9.90. The third kappa shape index (κ3) is 4.92. The molecular formula is C23H25F3O3. The molecule has 0 N–H and O–H groups in total. The van der Waals surface area contributed by atoms with E-state index in [0.29, 0.717) is 12.2 Å². The molecule has 0 amide bonds. The first kappa shape index (κ1) is 21.2. The summed E-state index contributed by atoms with van der Waals surface area (Å²) in [7, 11) is 0. The Hall–Kier alpha value is -2.50. The molecule has 1 unspecified atom stereocenters.